The molecule has 0 radical (unpaired) electrons. The van der Waals surface area contributed by atoms with Crippen molar-refractivity contribution in [2.24, 2.45) is 0 Å². The highest BCUT2D eigenvalue weighted by atomic mass is 19.1. The number of benzene rings is 1. The van der Waals surface area contributed by atoms with Gasteiger partial charge in [0.25, 0.3) is 0 Å². The minimum absolute atomic E-state index is 0.160. The van der Waals surface area contributed by atoms with E-state index in [2.05, 4.69) is 25.1 Å². The van der Waals surface area contributed by atoms with E-state index in [0.717, 1.165) is 56.9 Å². The molecule has 3 rings (SSSR count). The van der Waals surface area contributed by atoms with Gasteiger partial charge in [0.05, 0.1) is 0 Å². The van der Waals surface area contributed by atoms with Crippen LogP contribution in [0.3, 0.4) is 0 Å². The molecule has 5 nitrogen and oxygen atoms in total. The highest BCUT2D eigenvalue weighted by molar-refractivity contribution is 5.24. The molecule has 6 heteroatoms. The first kappa shape index (κ1) is 16.8. The van der Waals surface area contributed by atoms with Crippen LogP contribution in [-0.2, 0) is 13.1 Å². The summed E-state index contributed by atoms with van der Waals surface area (Å²) in [6.07, 6.45) is 3.79. The minimum atomic E-state index is -0.160. The van der Waals surface area contributed by atoms with Gasteiger partial charge < -0.3 is 5.32 Å². The van der Waals surface area contributed by atoms with Gasteiger partial charge in [-0.3, -0.25) is 9.80 Å². The van der Waals surface area contributed by atoms with Crippen LogP contribution in [0.15, 0.2) is 36.7 Å². The van der Waals surface area contributed by atoms with E-state index < -0.39 is 0 Å². The van der Waals surface area contributed by atoms with Crippen molar-refractivity contribution in [1.29, 1.82) is 0 Å². The second-order valence-corrected chi connectivity index (χ2v) is 6.13. The topological polar surface area (TPSA) is 44.3 Å². The summed E-state index contributed by atoms with van der Waals surface area (Å²) in [5.74, 6) is 0.522. The number of hydrogen-bond donors (Lipinski definition) is 1. The Balaban J connectivity index is 1.46. The van der Waals surface area contributed by atoms with Crippen LogP contribution in [0.5, 0.6) is 0 Å². The fourth-order valence-corrected chi connectivity index (χ4v) is 2.94. The number of halogens is 1. The van der Waals surface area contributed by atoms with Crippen LogP contribution >= 0.6 is 0 Å². The highest BCUT2D eigenvalue weighted by Crippen LogP contribution is 2.12. The first-order valence-electron chi connectivity index (χ1n) is 8.47. The van der Waals surface area contributed by atoms with Gasteiger partial charge in [0.1, 0.15) is 5.82 Å². The van der Waals surface area contributed by atoms with Crippen molar-refractivity contribution in [3.63, 3.8) is 0 Å². The third-order valence-electron chi connectivity index (χ3n) is 4.21. The quantitative estimate of drug-likeness (QED) is 0.881. The molecule has 1 aromatic carbocycles. The third-order valence-corrected chi connectivity index (χ3v) is 4.21. The van der Waals surface area contributed by atoms with Gasteiger partial charge in [0, 0.05) is 63.8 Å². The standard InChI is InChI=1S/C18H24FN5/c1-2-20-18-21-11-16(12-22-18)14-24-8-6-23(7-9-24)13-15-4-3-5-17(19)10-15/h3-5,10-12H,2,6-9,13-14H2,1H3,(H,20,21,22). The minimum Gasteiger partial charge on any atom is -0.355 e. The van der Waals surface area contributed by atoms with Gasteiger partial charge in [0.15, 0.2) is 0 Å². The molecule has 1 aromatic heterocycles. The number of rotatable bonds is 6. The summed E-state index contributed by atoms with van der Waals surface area (Å²) in [5, 5.41) is 3.10. The Morgan fingerprint density at radius 1 is 1.00 bits per heavy atom. The first-order chi connectivity index (χ1) is 11.7. The normalized spacial score (nSPS) is 16.2. The molecule has 0 spiro atoms. The number of hydrogen-bond acceptors (Lipinski definition) is 5. The molecule has 0 saturated carbocycles. The van der Waals surface area contributed by atoms with Gasteiger partial charge in [-0.25, -0.2) is 14.4 Å². The summed E-state index contributed by atoms with van der Waals surface area (Å²) in [6.45, 7) is 8.54. The molecular formula is C18H24FN5. The van der Waals surface area contributed by atoms with Crippen LogP contribution in [0.2, 0.25) is 0 Å². The van der Waals surface area contributed by atoms with Crippen LogP contribution in [0.4, 0.5) is 10.3 Å². The van der Waals surface area contributed by atoms with Gasteiger partial charge in [-0.2, -0.15) is 0 Å². The summed E-state index contributed by atoms with van der Waals surface area (Å²) in [6, 6.07) is 6.87. The Morgan fingerprint density at radius 2 is 1.62 bits per heavy atom. The predicted octanol–water partition coefficient (Wildman–Crippen LogP) is 2.37. The molecule has 0 aliphatic carbocycles. The number of anilines is 1. The predicted molar refractivity (Wildman–Crippen MR) is 93.1 cm³/mol. The molecular weight excluding hydrogens is 305 g/mol. The largest absolute Gasteiger partial charge is 0.355 e. The van der Waals surface area contributed by atoms with E-state index in [-0.39, 0.29) is 5.82 Å². The summed E-state index contributed by atoms with van der Waals surface area (Å²) >= 11 is 0. The van der Waals surface area contributed by atoms with Crippen LogP contribution in [0, 0.1) is 5.82 Å². The summed E-state index contributed by atoms with van der Waals surface area (Å²) in [5.41, 5.74) is 2.17. The maximum atomic E-state index is 13.3. The van der Waals surface area contributed by atoms with Gasteiger partial charge >= 0.3 is 0 Å². The molecule has 1 aliphatic heterocycles. The Morgan fingerprint density at radius 3 is 2.21 bits per heavy atom. The second kappa shape index (κ2) is 8.17. The Hall–Kier alpha value is -2.05. The molecule has 1 aliphatic rings. The lowest BCUT2D eigenvalue weighted by Crippen LogP contribution is -2.45. The van der Waals surface area contributed by atoms with Crippen molar-refractivity contribution in [1.82, 2.24) is 19.8 Å². The van der Waals surface area contributed by atoms with Gasteiger partial charge in [0.2, 0.25) is 5.95 Å². The Labute approximate surface area is 142 Å². The molecule has 1 saturated heterocycles. The Kier molecular flexibility index (Phi) is 5.72. The van der Waals surface area contributed by atoms with Crippen molar-refractivity contribution in [2.75, 3.05) is 38.0 Å². The zero-order valence-electron chi connectivity index (χ0n) is 14.1. The van der Waals surface area contributed by atoms with Gasteiger partial charge in [-0.05, 0) is 24.6 Å². The van der Waals surface area contributed by atoms with E-state index in [1.165, 1.54) is 6.07 Å². The average molecular weight is 329 g/mol. The number of nitrogens with zero attached hydrogens (tertiary/aromatic N) is 4. The van der Waals surface area contributed by atoms with E-state index >= 15 is 0 Å². The first-order valence-corrected chi connectivity index (χ1v) is 8.47. The number of piperazine rings is 1. The third kappa shape index (κ3) is 4.72. The summed E-state index contributed by atoms with van der Waals surface area (Å²) in [7, 11) is 0. The van der Waals surface area contributed by atoms with Crippen molar-refractivity contribution < 1.29 is 4.39 Å². The van der Waals surface area contributed by atoms with Crippen LogP contribution in [-0.4, -0.2) is 52.5 Å². The lowest BCUT2D eigenvalue weighted by molar-refractivity contribution is 0.122. The SMILES string of the molecule is CCNc1ncc(CN2CCN(Cc3cccc(F)c3)CC2)cn1. The molecule has 0 bridgehead atoms. The maximum absolute atomic E-state index is 13.3. The van der Waals surface area contributed by atoms with E-state index in [9.17, 15) is 4.39 Å². The average Bonchev–Trinajstić information content (AvgIpc) is 2.59. The Bertz CT molecular complexity index is 638. The monoisotopic (exact) mass is 329 g/mol. The number of aromatic nitrogens is 2. The fourth-order valence-electron chi connectivity index (χ4n) is 2.94. The fraction of sp³-hybridized carbons (Fsp3) is 0.444. The van der Waals surface area contributed by atoms with Gasteiger partial charge in [-0.1, -0.05) is 12.1 Å². The molecule has 1 fully saturated rings. The second-order valence-electron chi connectivity index (χ2n) is 6.13. The summed E-state index contributed by atoms with van der Waals surface area (Å²) in [4.78, 5) is 13.4. The molecule has 0 unspecified atom stereocenters. The van der Waals surface area contributed by atoms with Crippen molar-refractivity contribution in [3.05, 3.63) is 53.6 Å². The molecule has 2 heterocycles. The van der Waals surface area contributed by atoms with Crippen molar-refractivity contribution in [3.8, 4) is 0 Å². The maximum Gasteiger partial charge on any atom is 0.222 e. The van der Waals surface area contributed by atoms with Crippen LogP contribution in [0.1, 0.15) is 18.1 Å². The number of nitrogens with one attached hydrogen (secondary N) is 1. The van der Waals surface area contributed by atoms with E-state index in [4.69, 9.17) is 0 Å². The smallest absolute Gasteiger partial charge is 0.222 e. The molecule has 0 amide bonds. The molecule has 128 valence electrons. The van der Waals surface area contributed by atoms with E-state index in [1.807, 2.05) is 25.4 Å². The van der Waals surface area contributed by atoms with Crippen LogP contribution in [0.25, 0.3) is 0 Å². The van der Waals surface area contributed by atoms with Crippen LogP contribution < -0.4 is 5.32 Å². The highest BCUT2D eigenvalue weighted by Gasteiger charge is 2.17. The molecule has 1 N–H and O–H groups in total. The van der Waals surface area contributed by atoms with E-state index in [0.29, 0.717) is 5.95 Å². The van der Waals surface area contributed by atoms with E-state index in [1.54, 1.807) is 12.1 Å². The zero-order chi connectivity index (χ0) is 16.8. The van der Waals surface area contributed by atoms with Crippen molar-refractivity contribution >= 4 is 5.95 Å². The zero-order valence-corrected chi connectivity index (χ0v) is 14.1. The molecule has 24 heavy (non-hydrogen) atoms. The lowest BCUT2D eigenvalue weighted by atomic mass is 10.2. The summed E-state index contributed by atoms with van der Waals surface area (Å²) < 4.78 is 13.3. The van der Waals surface area contributed by atoms with Gasteiger partial charge in [-0.15, -0.1) is 0 Å². The lowest BCUT2D eigenvalue weighted by Gasteiger charge is -2.34. The molecule has 0 atom stereocenters. The van der Waals surface area contributed by atoms with Crippen molar-refractivity contribution in [2.45, 2.75) is 20.0 Å². The molecule has 2 aromatic rings.